The van der Waals surface area contributed by atoms with E-state index in [1.54, 1.807) is 12.1 Å². The highest BCUT2D eigenvalue weighted by Gasteiger charge is 2.32. The zero-order chi connectivity index (χ0) is 14.1. The Bertz CT molecular complexity index is 487. The normalized spacial score (nSPS) is 23.9. The van der Waals surface area contributed by atoms with Gasteiger partial charge in [-0.1, -0.05) is 23.9 Å². The number of aliphatic imine (C=N–C) groups is 1. The average molecular weight is 290 g/mol. The summed E-state index contributed by atoms with van der Waals surface area (Å²) in [5, 5.41) is 0.504. The fraction of sp³-hybridized carbons (Fsp3) is 0.417. The number of nitrogens with zero attached hydrogens (tertiary/aromatic N) is 1. The van der Waals surface area contributed by atoms with Crippen LogP contribution in [0.5, 0.6) is 5.75 Å². The second kappa shape index (κ2) is 4.96. The summed E-state index contributed by atoms with van der Waals surface area (Å²) in [7, 11) is 0. The number of hydrogen-bond acceptors (Lipinski definition) is 4. The van der Waals surface area contributed by atoms with Gasteiger partial charge in [-0.25, -0.2) is 0 Å². The van der Waals surface area contributed by atoms with E-state index in [4.69, 9.17) is 5.73 Å². The third-order valence-electron chi connectivity index (χ3n) is 2.91. The third kappa shape index (κ3) is 3.56. The Balaban J connectivity index is 2.21. The Morgan fingerprint density at radius 1 is 1.32 bits per heavy atom. The Labute approximate surface area is 113 Å². The van der Waals surface area contributed by atoms with Gasteiger partial charge in [0, 0.05) is 5.75 Å². The van der Waals surface area contributed by atoms with Crippen LogP contribution in [0, 0.1) is 0 Å². The molecule has 0 amide bonds. The van der Waals surface area contributed by atoms with E-state index in [9.17, 15) is 13.2 Å². The summed E-state index contributed by atoms with van der Waals surface area (Å²) >= 11 is 1.48. The van der Waals surface area contributed by atoms with Gasteiger partial charge in [0.05, 0.1) is 5.54 Å². The van der Waals surface area contributed by atoms with Crippen LogP contribution in [0.4, 0.5) is 13.2 Å². The maximum atomic E-state index is 12.1. The van der Waals surface area contributed by atoms with Gasteiger partial charge in [-0.2, -0.15) is 0 Å². The van der Waals surface area contributed by atoms with Gasteiger partial charge < -0.3 is 10.5 Å². The Kier molecular flexibility index (Phi) is 3.66. The first-order valence-corrected chi connectivity index (χ1v) is 6.61. The van der Waals surface area contributed by atoms with E-state index >= 15 is 0 Å². The van der Waals surface area contributed by atoms with Crippen molar-refractivity contribution in [1.82, 2.24) is 0 Å². The minimum atomic E-state index is -4.67. The van der Waals surface area contributed by atoms with Gasteiger partial charge in [0.2, 0.25) is 0 Å². The summed E-state index contributed by atoms with van der Waals surface area (Å²) in [6.07, 6.45) is -3.88. The number of nitrogens with two attached hydrogens (primary N) is 1. The van der Waals surface area contributed by atoms with E-state index in [1.165, 1.54) is 23.9 Å². The standard InChI is InChI=1S/C12H13F3N2OS/c1-11(6-7-19-10(16)17-11)8-2-4-9(5-3-8)18-12(13,14)15/h2-5H,6-7H2,1H3,(H2,16,17). The van der Waals surface area contributed by atoms with Crippen LogP contribution in [0.1, 0.15) is 18.9 Å². The molecule has 0 saturated carbocycles. The first kappa shape index (κ1) is 14.0. The van der Waals surface area contributed by atoms with E-state index in [0.717, 1.165) is 17.7 Å². The lowest BCUT2D eigenvalue weighted by molar-refractivity contribution is -0.274. The van der Waals surface area contributed by atoms with Crippen molar-refractivity contribution >= 4 is 16.9 Å². The molecule has 0 bridgehead atoms. The van der Waals surface area contributed by atoms with Crippen LogP contribution < -0.4 is 10.5 Å². The number of alkyl halides is 3. The summed E-state index contributed by atoms with van der Waals surface area (Å²) < 4.78 is 40.0. The van der Waals surface area contributed by atoms with Crippen molar-refractivity contribution in [3.63, 3.8) is 0 Å². The molecule has 3 nitrogen and oxygen atoms in total. The van der Waals surface area contributed by atoms with Gasteiger partial charge in [0.25, 0.3) is 0 Å². The van der Waals surface area contributed by atoms with Crippen LogP contribution in [0.15, 0.2) is 29.3 Å². The fourth-order valence-corrected chi connectivity index (χ4v) is 2.88. The highest BCUT2D eigenvalue weighted by atomic mass is 32.2. The smallest absolute Gasteiger partial charge is 0.406 e. The quantitative estimate of drug-likeness (QED) is 0.909. The topological polar surface area (TPSA) is 47.6 Å². The van der Waals surface area contributed by atoms with Crippen molar-refractivity contribution in [2.75, 3.05) is 5.75 Å². The molecule has 0 fully saturated rings. The first-order valence-electron chi connectivity index (χ1n) is 5.63. The van der Waals surface area contributed by atoms with Gasteiger partial charge in [-0.3, -0.25) is 4.99 Å². The Morgan fingerprint density at radius 2 is 1.95 bits per heavy atom. The van der Waals surface area contributed by atoms with Crippen molar-refractivity contribution in [2.24, 2.45) is 10.7 Å². The minimum absolute atomic E-state index is 0.234. The van der Waals surface area contributed by atoms with Crippen molar-refractivity contribution in [3.05, 3.63) is 29.8 Å². The number of hydrogen-bond donors (Lipinski definition) is 1. The molecule has 0 radical (unpaired) electrons. The van der Waals surface area contributed by atoms with Gasteiger partial charge in [-0.05, 0) is 31.0 Å². The second-order valence-corrected chi connectivity index (χ2v) is 5.51. The van der Waals surface area contributed by atoms with Crippen LogP contribution in [0.25, 0.3) is 0 Å². The monoisotopic (exact) mass is 290 g/mol. The van der Waals surface area contributed by atoms with E-state index in [2.05, 4.69) is 9.73 Å². The lowest BCUT2D eigenvalue weighted by Gasteiger charge is -2.29. The summed E-state index contributed by atoms with van der Waals surface area (Å²) in [6, 6.07) is 5.77. The molecule has 1 aliphatic heterocycles. The van der Waals surface area contributed by atoms with E-state index in [0.29, 0.717) is 5.17 Å². The summed E-state index contributed by atoms with van der Waals surface area (Å²) in [5.41, 5.74) is 6.04. The lowest BCUT2D eigenvalue weighted by Crippen LogP contribution is -2.28. The predicted molar refractivity (Wildman–Crippen MR) is 69.2 cm³/mol. The SMILES string of the molecule is CC1(c2ccc(OC(F)(F)F)cc2)CCSC(N)=N1. The number of rotatable bonds is 2. The zero-order valence-electron chi connectivity index (χ0n) is 10.2. The molecule has 2 rings (SSSR count). The maximum Gasteiger partial charge on any atom is 0.573 e. The molecule has 1 unspecified atom stereocenters. The Morgan fingerprint density at radius 3 is 2.47 bits per heavy atom. The summed E-state index contributed by atoms with van der Waals surface area (Å²) in [5.74, 6) is 0.606. The van der Waals surface area contributed by atoms with Crippen LogP contribution in [-0.4, -0.2) is 17.3 Å². The molecule has 104 valence electrons. The molecule has 1 aliphatic rings. The molecule has 1 aromatic rings. The van der Waals surface area contributed by atoms with Gasteiger partial charge in [-0.15, -0.1) is 13.2 Å². The molecule has 7 heteroatoms. The van der Waals surface area contributed by atoms with Crippen molar-refractivity contribution < 1.29 is 17.9 Å². The molecule has 2 N–H and O–H groups in total. The number of thioether (sulfide) groups is 1. The van der Waals surface area contributed by atoms with Crippen LogP contribution in [0.3, 0.4) is 0 Å². The van der Waals surface area contributed by atoms with Crippen LogP contribution in [-0.2, 0) is 5.54 Å². The van der Waals surface area contributed by atoms with Crippen molar-refractivity contribution in [1.29, 1.82) is 0 Å². The van der Waals surface area contributed by atoms with Crippen molar-refractivity contribution in [3.8, 4) is 5.75 Å². The minimum Gasteiger partial charge on any atom is -0.406 e. The molecule has 0 spiro atoms. The number of amidine groups is 1. The predicted octanol–water partition coefficient (Wildman–Crippen LogP) is 3.25. The van der Waals surface area contributed by atoms with Crippen LogP contribution in [0.2, 0.25) is 0 Å². The highest BCUT2D eigenvalue weighted by Crippen LogP contribution is 2.36. The van der Waals surface area contributed by atoms with Gasteiger partial charge in [0.15, 0.2) is 5.17 Å². The average Bonchev–Trinajstić information content (AvgIpc) is 2.27. The van der Waals surface area contributed by atoms with Crippen molar-refractivity contribution in [2.45, 2.75) is 25.2 Å². The fourth-order valence-electron chi connectivity index (χ4n) is 1.91. The maximum absolute atomic E-state index is 12.1. The van der Waals surface area contributed by atoms with Gasteiger partial charge >= 0.3 is 6.36 Å². The molecule has 1 aromatic carbocycles. The van der Waals surface area contributed by atoms with Gasteiger partial charge in [0.1, 0.15) is 5.75 Å². The van der Waals surface area contributed by atoms with E-state index < -0.39 is 11.9 Å². The molecular weight excluding hydrogens is 277 g/mol. The zero-order valence-corrected chi connectivity index (χ0v) is 11.0. The summed E-state index contributed by atoms with van der Waals surface area (Å²) in [4.78, 5) is 4.38. The third-order valence-corrected chi connectivity index (χ3v) is 3.70. The number of ether oxygens (including phenoxy) is 1. The number of halogens is 3. The second-order valence-electron chi connectivity index (χ2n) is 4.39. The lowest BCUT2D eigenvalue weighted by atomic mass is 9.90. The largest absolute Gasteiger partial charge is 0.573 e. The first-order chi connectivity index (χ1) is 8.78. The summed E-state index contributed by atoms with van der Waals surface area (Å²) in [6.45, 7) is 1.92. The highest BCUT2D eigenvalue weighted by molar-refractivity contribution is 8.13. The van der Waals surface area contributed by atoms with E-state index in [1.807, 2.05) is 6.92 Å². The molecule has 0 aromatic heterocycles. The van der Waals surface area contributed by atoms with E-state index in [-0.39, 0.29) is 5.75 Å². The Hall–Kier alpha value is -1.37. The molecular formula is C12H13F3N2OS. The molecule has 1 heterocycles. The molecule has 0 saturated heterocycles. The molecule has 19 heavy (non-hydrogen) atoms. The van der Waals surface area contributed by atoms with Crippen LogP contribution >= 0.6 is 11.8 Å². The molecule has 1 atom stereocenters. The number of benzene rings is 1. The molecule has 0 aliphatic carbocycles.